The van der Waals surface area contributed by atoms with Crippen molar-refractivity contribution in [1.82, 2.24) is 0 Å². The van der Waals surface area contributed by atoms with Crippen LogP contribution in [0.1, 0.15) is 48.3 Å². The van der Waals surface area contributed by atoms with Crippen LogP contribution in [0.2, 0.25) is 0 Å². The van der Waals surface area contributed by atoms with E-state index in [4.69, 9.17) is 11.6 Å². The normalized spacial score (nSPS) is 26.2. The van der Waals surface area contributed by atoms with Crippen molar-refractivity contribution in [2.75, 3.05) is 0 Å². The van der Waals surface area contributed by atoms with Gasteiger partial charge in [-0.05, 0) is 60.9 Å². The van der Waals surface area contributed by atoms with Crippen LogP contribution in [0.3, 0.4) is 0 Å². The molecule has 17 heavy (non-hydrogen) atoms. The predicted octanol–water partition coefficient (Wildman–Crippen LogP) is 5.16. The number of halogens is 2. The molecule has 94 valence electrons. The number of aryl methyl sites for hydroxylation is 2. The minimum Gasteiger partial charge on any atom is -0.207 e. The minimum absolute atomic E-state index is 0.0353. The highest BCUT2D eigenvalue weighted by molar-refractivity contribution is 6.21. The zero-order chi connectivity index (χ0) is 12.6. The average molecular weight is 255 g/mol. The van der Waals surface area contributed by atoms with E-state index in [1.165, 1.54) is 19.3 Å². The molecule has 0 heterocycles. The SMILES string of the molecule is Cc1cc(F)cc(C)c1C(Cl)C1CCCC1C. The number of benzene rings is 1. The lowest BCUT2D eigenvalue weighted by atomic mass is 9.86. The standard InChI is InChI=1S/C15H20ClF/c1-9-5-4-6-13(9)15(16)14-10(2)7-12(17)8-11(14)3/h7-9,13,15H,4-6H2,1-3H3. The zero-order valence-corrected chi connectivity index (χ0v) is 11.5. The van der Waals surface area contributed by atoms with Gasteiger partial charge in [-0.2, -0.15) is 0 Å². The van der Waals surface area contributed by atoms with Crippen LogP contribution in [-0.4, -0.2) is 0 Å². The first kappa shape index (κ1) is 12.9. The maximum absolute atomic E-state index is 13.3. The molecule has 1 aromatic carbocycles. The van der Waals surface area contributed by atoms with Gasteiger partial charge >= 0.3 is 0 Å². The van der Waals surface area contributed by atoms with Gasteiger partial charge in [-0.3, -0.25) is 0 Å². The molecule has 0 aromatic heterocycles. The molecule has 0 aliphatic heterocycles. The van der Waals surface area contributed by atoms with Crippen molar-refractivity contribution in [3.8, 4) is 0 Å². The first-order valence-electron chi connectivity index (χ1n) is 6.41. The van der Waals surface area contributed by atoms with E-state index in [0.717, 1.165) is 16.7 Å². The summed E-state index contributed by atoms with van der Waals surface area (Å²) in [4.78, 5) is 0. The van der Waals surface area contributed by atoms with Gasteiger partial charge in [0.25, 0.3) is 0 Å². The fraction of sp³-hybridized carbons (Fsp3) is 0.600. The quantitative estimate of drug-likeness (QED) is 0.640. The molecule has 2 rings (SSSR count). The van der Waals surface area contributed by atoms with E-state index < -0.39 is 0 Å². The lowest BCUT2D eigenvalue weighted by Gasteiger charge is -2.25. The van der Waals surface area contributed by atoms with E-state index in [9.17, 15) is 4.39 Å². The zero-order valence-electron chi connectivity index (χ0n) is 10.8. The molecule has 1 aliphatic carbocycles. The third kappa shape index (κ3) is 2.49. The van der Waals surface area contributed by atoms with Gasteiger partial charge in [-0.15, -0.1) is 11.6 Å². The highest BCUT2D eigenvalue weighted by Gasteiger charge is 2.32. The molecule has 1 aliphatic rings. The number of hydrogen-bond acceptors (Lipinski definition) is 0. The molecule has 0 nitrogen and oxygen atoms in total. The Labute approximate surface area is 108 Å². The summed E-state index contributed by atoms with van der Waals surface area (Å²) in [6.45, 7) is 6.20. The van der Waals surface area contributed by atoms with Crippen molar-refractivity contribution in [3.63, 3.8) is 0 Å². The van der Waals surface area contributed by atoms with Crippen LogP contribution >= 0.6 is 11.6 Å². The highest BCUT2D eigenvalue weighted by Crippen LogP contribution is 2.45. The van der Waals surface area contributed by atoms with Crippen LogP contribution < -0.4 is 0 Å². The first-order valence-corrected chi connectivity index (χ1v) is 6.85. The van der Waals surface area contributed by atoms with Gasteiger partial charge in [0.05, 0.1) is 5.38 Å². The first-order chi connectivity index (χ1) is 8.00. The Morgan fingerprint density at radius 2 is 1.82 bits per heavy atom. The van der Waals surface area contributed by atoms with Crippen LogP contribution in [-0.2, 0) is 0 Å². The Morgan fingerprint density at radius 3 is 2.29 bits per heavy atom. The van der Waals surface area contributed by atoms with E-state index in [0.29, 0.717) is 11.8 Å². The lowest BCUT2D eigenvalue weighted by molar-refractivity contribution is 0.404. The number of rotatable bonds is 2. The van der Waals surface area contributed by atoms with Crippen LogP contribution in [0.15, 0.2) is 12.1 Å². The maximum Gasteiger partial charge on any atom is 0.123 e. The van der Waals surface area contributed by atoms with Crippen molar-refractivity contribution in [2.45, 2.75) is 45.4 Å². The monoisotopic (exact) mass is 254 g/mol. The fourth-order valence-electron chi connectivity index (χ4n) is 3.18. The van der Waals surface area contributed by atoms with Crippen LogP contribution in [0.5, 0.6) is 0 Å². The Bertz CT molecular complexity index is 390. The summed E-state index contributed by atoms with van der Waals surface area (Å²) >= 11 is 6.65. The van der Waals surface area contributed by atoms with Gasteiger partial charge in [0.2, 0.25) is 0 Å². The summed E-state index contributed by atoms with van der Waals surface area (Å²) in [7, 11) is 0. The summed E-state index contributed by atoms with van der Waals surface area (Å²) in [6.07, 6.45) is 3.74. The highest BCUT2D eigenvalue weighted by atomic mass is 35.5. The van der Waals surface area contributed by atoms with E-state index in [1.54, 1.807) is 12.1 Å². The summed E-state index contributed by atoms with van der Waals surface area (Å²) in [6, 6.07) is 3.19. The third-order valence-corrected chi connectivity index (χ3v) is 4.68. The lowest BCUT2D eigenvalue weighted by Crippen LogP contribution is -2.13. The van der Waals surface area contributed by atoms with Gasteiger partial charge in [0.1, 0.15) is 5.82 Å². The minimum atomic E-state index is -0.160. The molecule has 0 N–H and O–H groups in total. The third-order valence-electron chi connectivity index (χ3n) is 4.14. The van der Waals surface area contributed by atoms with Gasteiger partial charge in [-0.1, -0.05) is 19.8 Å². The summed E-state index contributed by atoms with van der Waals surface area (Å²) in [5, 5.41) is 0.0353. The van der Waals surface area contributed by atoms with Crippen molar-refractivity contribution in [1.29, 1.82) is 0 Å². The fourth-order valence-corrected chi connectivity index (χ4v) is 3.90. The molecule has 1 saturated carbocycles. The molecule has 1 fully saturated rings. The van der Waals surface area contributed by atoms with Crippen molar-refractivity contribution < 1.29 is 4.39 Å². The molecule has 0 saturated heterocycles. The molecule has 0 radical (unpaired) electrons. The van der Waals surface area contributed by atoms with Gasteiger partial charge < -0.3 is 0 Å². The van der Waals surface area contributed by atoms with Gasteiger partial charge in [-0.25, -0.2) is 4.39 Å². The molecule has 2 heteroatoms. The molecule has 1 aromatic rings. The van der Waals surface area contributed by atoms with Crippen molar-refractivity contribution >= 4 is 11.6 Å². The van der Waals surface area contributed by atoms with E-state index in [-0.39, 0.29) is 11.2 Å². The number of alkyl halides is 1. The van der Waals surface area contributed by atoms with Gasteiger partial charge in [0.15, 0.2) is 0 Å². The number of hydrogen-bond donors (Lipinski definition) is 0. The molecule has 0 bridgehead atoms. The van der Waals surface area contributed by atoms with Crippen LogP contribution in [0, 0.1) is 31.5 Å². The second-order valence-corrected chi connectivity index (χ2v) is 5.90. The molecule has 3 atom stereocenters. The molecular formula is C15H20ClF. The predicted molar refractivity (Wildman–Crippen MR) is 71.0 cm³/mol. The Balaban J connectivity index is 2.33. The van der Waals surface area contributed by atoms with E-state index >= 15 is 0 Å². The second kappa shape index (κ2) is 4.97. The molecule has 0 amide bonds. The Morgan fingerprint density at radius 1 is 1.24 bits per heavy atom. The van der Waals surface area contributed by atoms with Crippen molar-refractivity contribution in [2.24, 2.45) is 11.8 Å². The topological polar surface area (TPSA) is 0 Å². The van der Waals surface area contributed by atoms with Crippen LogP contribution in [0.4, 0.5) is 4.39 Å². The van der Waals surface area contributed by atoms with Crippen LogP contribution in [0.25, 0.3) is 0 Å². The van der Waals surface area contributed by atoms with E-state index in [2.05, 4.69) is 6.92 Å². The Kier molecular flexibility index (Phi) is 3.77. The summed E-state index contributed by atoms with van der Waals surface area (Å²) in [5.41, 5.74) is 3.12. The smallest absolute Gasteiger partial charge is 0.123 e. The second-order valence-electron chi connectivity index (χ2n) is 5.43. The Hall–Kier alpha value is -0.560. The average Bonchev–Trinajstić information content (AvgIpc) is 2.62. The summed E-state index contributed by atoms with van der Waals surface area (Å²) < 4.78 is 13.3. The maximum atomic E-state index is 13.3. The van der Waals surface area contributed by atoms with E-state index in [1.807, 2.05) is 13.8 Å². The molecule has 3 unspecified atom stereocenters. The summed E-state index contributed by atoms with van der Waals surface area (Å²) in [5.74, 6) is 1.06. The van der Waals surface area contributed by atoms with Gasteiger partial charge in [0, 0.05) is 0 Å². The van der Waals surface area contributed by atoms with Crippen molar-refractivity contribution in [3.05, 3.63) is 34.6 Å². The largest absolute Gasteiger partial charge is 0.207 e. The molecular weight excluding hydrogens is 235 g/mol. The molecule has 0 spiro atoms.